The van der Waals surface area contributed by atoms with Gasteiger partial charge < -0.3 is 9.64 Å². The lowest BCUT2D eigenvalue weighted by molar-refractivity contribution is -0.137. The van der Waals surface area contributed by atoms with E-state index in [1.54, 1.807) is 13.2 Å². The van der Waals surface area contributed by atoms with Gasteiger partial charge in [-0.1, -0.05) is 19.1 Å². The predicted molar refractivity (Wildman–Crippen MR) is 90.4 cm³/mol. The van der Waals surface area contributed by atoms with Crippen LogP contribution in [0.3, 0.4) is 0 Å². The summed E-state index contributed by atoms with van der Waals surface area (Å²) in [6, 6.07) is 13.3. The van der Waals surface area contributed by atoms with Crippen LogP contribution in [0.15, 0.2) is 48.5 Å². The van der Waals surface area contributed by atoms with Crippen LogP contribution in [0.4, 0.5) is 18.9 Å². The monoisotopic (exact) mass is 337 g/mol. The Hall–Kier alpha value is -2.17. The summed E-state index contributed by atoms with van der Waals surface area (Å²) in [5.74, 6) is 0.752. The number of benzene rings is 2. The Kier molecular flexibility index (Phi) is 5.75. The molecule has 0 aliphatic carbocycles. The number of ether oxygens (including phenoxy) is 1. The number of anilines is 1. The molecule has 5 heteroatoms. The third-order valence-electron chi connectivity index (χ3n) is 4.13. The van der Waals surface area contributed by atoms with Gasteiger partial charge in [0.15, 0.2) is 0 Å². The van der Waals surface area contributed by atoms with Gasteiger partial charge in [-0.25, -0.2) is 0 Å². The number of hydrogen-bond acceptors (Lipinski definition) is 2. The molecule has 0 saturated carbocycles. The van der Waals surface area contributed by atoms with Gasteiger partial charge in [-0.2, -0.15) is 13.2 Å². The van der Waals surface area contributed by atoms with Crippen molar-refractivity contribution in [1.29, 1.82) is 0 Å². The highest BCUT2D eigenvalue weighted by molar-refractivity contribution is 5.50. The minimum atomic E-state index is -4.32. The van der Waals surface area contributed by atoms with E-state index in [4.69, 9.17) is 4.74 Å². The van der Waals surface area contributed by atoms with Crippen molar-refractivity contribution in [2.75, 3.05) is 12.0 Å². The topological polar surface area (TPSA) is 12.5 Å². The van der Waals surface area contributed by atoms with E-state index in [-0.39, 0.29) is 6.04 Å². The third kappa shape index (κ3) is 4.43. The van der Waals surface area contributed by atoms with Crippen LogP contribution in [0.1, 0.15) is 31.4 Å². The molecule has 0 bridgehead atoms. The second kappa shape index (κ2) is 7.60. The standard InChI is InChI=1S/C19H22F3NO/c1-4-14(2)23(17-8-10-18(24-3)11-9-17)13-15-6-5-7-16(12-15)19(20,21)22/h5-12,14H,4,13H2,1-3H3. The number of nitrogens with zero attached hydrogens (tertiary/aromatic N) is 1. The van der Waals surface area contributed by atoms with Gasteiger partial charge in [0.25, 0.3) is 0 Å². The van der Waals surface area contributed by atoms with Gasteiger partial charge in [-0.3, -0.25) is 0 Å². The lowest BCUT2D eigenvalue weighted by atomic mass is 10.1. The highest BCUT2D eigenvalue weighted by Gasteiger charge is 2.30. The van der Waals surface area contributed by atoms with Gasteiger partial charge >= 0.3 is 6.18 Å². The molecule has 2 aromatic rings. The number of rotatable bonds is 6. The van der Waals surface area contributed by atoms with Crippen molar-refractivity contribution in [3.63, 3.8) is 0 Å². The molecule has 0 aliphatic heterocycles. The van der Waals surface area contributed by atoms with Crippen molar-refractivity contribution in [2.24, 2.45) is 0 Å². The molecule has 0 N–H and O–H groups in total. The zero-order valence-electron chi connectivity index (χ0n) is 14.1. The maximum Gasteiger partial charge on any atom is 0.416 e. The van der Waals surface area contributed by atoms with E-state index in [1.165, 1.54) is 12.1 Å². The molecule has 24 heavy (non-hydrogen) atoms. The summed E-state index contributed by atoms with van der Waals surface area (Å²) < 4.78 is 43.9. The zero-order chi connectivity index (χ0) is 17.7. The summed E-state index contributed by atoms with van der Waals surface area (Å²) in [7, 11) is 1.60. The number of alkyl halides is 3. The van der Waals surface area contributed by atoms with Gasteiger partial charge in [0.2, 0.25) is 0 Å². The molecule has 2 rings (SSSR count). The minimum absolute atomic E-state index is 0.202. The summed E-state index contributed by atoms with van der Waals surface area (Å²) in [5.41, 5.74) is 0.988. The molecule has 1 unspecified atom stereocenters. The molecule has 0 fully saturated rings. The number of hydrogen-bond donors (Lipinski definition) is 0. The van der Waals surface area contributed by atoms with Crippen LogP contribution >= 0.6 is 0 Å². The van der Waals surface area contributed by atoms with Crippen molar-refractivity contribution >= 4 is 5.69 Å². The zero-order valence-corrected chi connectivity index (χ0v) is 14.1. The fraction of sp³-hybridized carbons (Fsp3) is 0.368. The average molecular weight is 337 g/mol. The van der Waals surface area contributed by atoms with E-state index in [0.717, 1.165) is 23.9 Å². The average Bonchev–Trinajstić information content (AvgIpc) is 2.58. The van der Waals surface area contributed by atoms with Crippen LogP contribution in [0.2, 0.25) is 0 Å². The first-order valence-corrected chi connectivity index (χ1v) is 7.92. The molecule has 2 nitrogen and oxygen atoms in total. The Morgan fingerprint density at radius 3 is 2.29 bits per heavy atom. The van der Waals surface area contributed by atoms with E-state index in [0.29, 0.717) is 12.1 Å². The van der Waals surface area contributed by atoms with E-state index in [9.17, 15) is 13.2 Å². The van der Waals surface area contributed by atoms with Crippen molar-refractivity contribution in [1.82, 2.24) is 0 Å². The molecular weight excluding hydrogens is 315 g/mol. The molecule has 0 saturated heterocycles. The fourth-order valence-electron chi connectivity index (χ4n) is 2.54. The summed E-state index contributed by atoms with van der Waals surface area (Å²) >= 11 is 0. The quantitative estimate of drug-likeness (QED) is 0.688. The largest absolute Gasteiger partial charge is 0.497 e. The molecule has 130 valence electrons. The molecule has 0 amide bonds. The second-order valence-corrected chi connectivity index (χ2v) is 5.78. The molecule has 0 radical (unpaired) electrons. The van der Waals surface area contributed by atoms with Crippen molar-refractivity contribution < 1.29 is 17.9 Å². The van der Waals surface area contributed by atoms with Crippen LogP contribution in [-0.2, 0) is 12.7 Å². The first kappa shape index (κ1) is 18.2. The van der Waals surface area contributed by atoms with Crippen LogP contribution in [-0.4, -0.2) is 13.2 Å². The molecule has 1 atom stereocenters. The number of methoxy groups -OCH3 is 1. The Balaban J connectivity index is 2.29. The van der Waals surface area contributed by atoms with E-state index in [1.807, 2.05) is 24.3 Å². The molecule has 0 spiro atoms. The summed E-state index contributed by atoms with van der Waals surface area (Å²) in [5, 5.41) is 0. The highest BCUT2D eigenvalue weighted by Crippen LogP contribution is 2.31. The maximum absolute atomic E-state index is 12.9. The minimum Gasteiger partial charge on any atom is -0.497 e. The van der Waals surface area contributed by atoms with Gasteiger partial charge in [-0.15, -0.1) is 0 Å². The second-order valence-electron chi connectivity index (χ2n) is 5.78. The van der Waals surface area contributed by atoms with Gasteiger partial charge in [0, 0.05) is 18.3 Å². The lowest BCUT2D eigenvalue weighted by Gasteiger charge is -2.31. The van der Waals surface area contributed by atoms with E-state index >= 15 is 0 Å². The van der Waals surface area contributed by atoms with Gasteiger partial charge in [0.1, 0.15) is 5.75 Å². The summed E-state index contributed by atoms with van der Waals surface area (Å²) in [6.07, 6.45) is -3.43. The smallest absolute Gasteiger partial charge is 0.416 e. The molecular formula is C19H22F3NO. The van der Waals surface area contributed by atoms with E-state index < -0.39 is 11.7 Å². The Morgan fingerprint density at radius 1 is 1.08 bits per heavy atom. The van der Waals surface area contributed by atoms with Crippen LogP contribution < -0.4 is 9.64 Å². The van der Waals surface area contributed by atoms with Crippen molar-refractivity contribution in [3.8, 4) is 5.75 Å². The fourth-order valence-corrected chi connectivity index (χ4v) is 2.54. The van der Waals surface area contributed by atoms with Gasteiger partial charge in [-0.05, 0) is 55.3 Å². The van der Waals surface area contributed by atoms with Gasteiger partial charge in [0.05, 0.1) is 12.7 Å². The molecule has 2 aromatic carbocycles. The Labute approximate surface area is 140 Å². The predicted octanol–water partition coefficient (Wildman–Crippen LogP) is 5.52. The third-order valence-corrected chi connectivity index (χ3v) is 4.13. The molecule has 0 aliphatic rings. The molecule has 0 heterocycles. The van der Waals surface area contributed by atoms with Crippen molar-refractivity contribution in [3.05, 3.63) is 59.7 Å². The van der Waals surface area contributed by atoms with Crippen LogP contribution in [0, 0.1) is 0 Å². The maximum atomic E-state index is 12.9. The summed E-state index contributed by atoms with van der Waals surface area (Å²) in [6.45, 7) is 4.55. The SMILES string of the molecule is CCC(C)N(Cc1cccc(C(F)(F)F)c1)c1ccc(OC)cc1. The number of halogens is 3. The highest BCUT2D eigenvalue weighted by atomic mass is 19.4. The molecule has 0 aromatic heterocycles. The normalized spacial score (nSPS) is 12.8. The Morgan fingerprint density at radius 2 is 1.75 bits per heavy atom. The lowest BCUT2D eigenvalue weighted by Crippen LogP contribution is -2.32. The summed E-state index contributed by atoms with van der Waals surface area (Å²) in [4.78, 5) is 2.11. The van der Waals surface area contributed by atoms with Crippen LogP contribution in [0.5, 0.6) is 5.75 Å². The first-order chi connectivity index (χ1) is 11.3. The van der Waals surface area contributed by atoms with Crippen LogP contribution in [0.25, 0.3) is 0 Å². The van der Waals surface area contributed by atoms with Crippen molar-refractivity contribution in [2.45, 2.75) is 39.0 Å². The van der Waals surface area contributed by atoms with E-state index in [2.05, 4.69) is 18.7 Å². The first-order valence-electron chi connectivity index (χ1n) is 7.92. The Bertz CT molecular complexity index is 652.